The number of carbonyl (C=O) groups excluding carboxylic acids is 1. The summed E-state index contributed by atoms with van der Waals surface area (Å²) in [4.78, 5) is 15.9. The predicted molar refractivity (Wildman–Crippen MR) is 56.0 cm³/mol. The number of methoxy groups -OCH3 is 1. The van der Waals surface area contributed by atoms with Gasteiger partial charge in [-0.2, -0.15) is 0 Å². The van der Waals surface area contributed by atoms with Crippen molar-refractivity contribution < 1.29 is 9.53 Å². The van der Waals surface area contributed by atoms with Crippen LogP contribution >= 0.6 is 22.9 Å². The normalized spacial score (nSPS) is 10.4. The Kier molecular flexibility index (Phi) is 2.39. The van der Waals surface area contributed by atoms with Crippen molar-refractivity contribution in [2.24, 2.45) is 0 Å². The van der Waals surface area contributed by atoms with Crippen LogP contribution in [0.2, 0.25) is 5.02 Å². The molecule has 0 radical (unpaired) electrons. The molecule has 0 aliphatic rings. The Bertz CT molecular complexity index is 495. The molecule has 0 fully saturated rings. The highest BCUT2D eigenvalue weighted by molar-refractivity contribution is 7.13. The van der Waals surface area contributed by atoms with Gasteiger partial charge in [0.05, 0.1) is 17.6 Å². The molecule has 0 unspecified atom stereocenters. The molecule has 14 heavy (non-hydrogen) atoms. The van der Waals surface area contributed by atoms with Crippen molar-refractivity contribution in [2.45, 2.75) is 0 Å². The number of esters is 1. The van der Waals surface area contributed by atoms with Gasteiger partial charge in [0.25, 0.3) is 0 Å². The van der Waals surface area contributed by atoms with Crippen molar-refractivity contribution in [3.8, 4) is 0 Å². The molecule has 2 heterocycles. The average molecular weight is 228 g/mol. The van der Waals surface area contributed by atoms with Crippen molar-refractivity contribution in [2.75, 3.05) is 7.11 Å². The Labute approximate surface area is 89.3 Å². The highest BCUT2D eigenvalue weighted by Crippen LogP contribution is 2.29. The molecule has 72 valence electrons. The van der Waals surface area contributed by atoms with Crippen LogP contribution in [0.3, 0.4) is 0 Å². The van der Waals surface area contributed by atoms with Crippen molar-refractivity contribution in [3.05, 3.63) is 27.5 Å². The van der Waals surface area contributed by atoms with Crippen LogP contribution in [0.1, 0.15) is 9.67 Å². The number of rotatable bonds is 1. The first kappa shape index (κ1) is 9.43. The fourth-order valence-corrected chi connectivity index (χ4v) is 2.35. The fraction of sp³-hybridized carbons (Fsp3) is 0.111. The molecule has 0 N–H and O–H groups in total. The zero-order valence-electron chi connectivity index (χ0n) is 7.28. The van der Waals surface area contributed by atoms with Crippen LogP contribution in [-0.4, -0.2) is 18.1 Å². The number of hydrogen-bond acceptors (Lipinski definition) is 4. The molecule has 0 aliphatic heterocycles. The molecule has 0 aliphatic carbocycles. The van der Waals surface area contributed by atoms with Crippen LogP contribution in [-0.2, 0) is 4.74 Å². The lowest BCUT2D eigenvalue weighted by atomic mass is 10.3. The zero-order valence-corrected chi connectivity index (χ0v) is 8.85. The molecule has 0 saturated heterocycles. The quantitative estimate of drug-likeness (QED) is 0.704. The van der Waals surface area contributed by atoms with E-state index >= 15 is 0 Å². The number of pyridine rings is 1. The lowest BCUT2D eigenvalue weighted by Gasteiger charge is -1.95. The fourth-order valence-electron chi connectivity index (χ4n) is 1.15. The van der Waals surface area contributed by atoms with Crippen LogP contribution in [0.5, 0.6) is 0 Å². The van der Waals surface area contributed by atoms with E-state index in [1.807, 2.05) is 0 Å². The molecule has 0 atom stereocenters. The first-order valence-corrected chi connectivity index (χ1v) is 5.10. The topological polar surface area (TPSA) is 39.2 Å². The maximum Gasteiger partial charge on any atom is 0.350 e. The van der Waals surface area contributed by atoms with Gasteiger partial charge >= 0.3 is 5.97 Å². The molecule has 0 saturated carbocycles. The van der Waals surface area contributed by atoms with E-state index in [0.29, 0.717) is 15.4 Å². The lowest BCUT2D eigenvalue weighted by Crippen LogP contribution is -1.98. The van der Waals surface area contributed by atoms with Crippen LogP contribution in [0.15, 0.2) is 17.6 Å². The van der Waals surface area contributed by atoms with Crippen molar-refractivity contribution in [3.63, 3.8) is 0 Å². The standard InChI is InChI=1S/C9H6ClNO2S/c1-13-9(12)8-7-5(4-14-8)6(10)2-3-11-7/h2-4H,1H3. The lowest BCUT2D eigenvalue weighted by molar-refractivity contribution is 0.0608. The number of thiophene rings is 1. The van der Waals surface area contributed by atoms with Crippen LogP contribution < -0.4 is 0 Å². The van der Waals surface area contributed by atoms with E-state index in [9.17, 15) is 4.79 Å². The molecule has 0 aromatic carbocycles. The number of carbonyl (C=O) groups is 1. The maximum atomic E-state index is 11.3. The summed E-state index contributed by atoms with van der Waals surface area (Å²) in [6, 6.07) is 1.69. The van der Waals surface area contributed by atoms with E-state index in [-0.39, 0.29) is 5.97 Å². The molecular formula is C9H6ClNO2S. The summed E-state index contributed by atoms with van der Waals surface area (Å²) < 4.78 is 4.63. The number of halogens is 1. The maximum absolute atomic E-state index is 11.3. The number of hydrogen-bond donors (Lipinski definition) is 0. The number of fused-ring (bicyclic) bond motifs is 1. The van der Waals surface area contributed by atoms with Crippen molar-refractivity contribution >= 4 is 39.8 Å². The molecule has 2 aromatic heterocycles. The first-order valence-electron chi connectivity index (χ1n) is 3.84. The number of aromatic nitrogens is 1. The van der Waals surface area contributed by atoms with E-state index in [1.54, 1.807) is 17.6 Å². The second kappa shape index (κ2) is 3.55. The van der Waals surface area contributed by atoms with Gasteiger partial charge < -0.3 is 4.74 Å². The van der Waals surface area contributed by atoms with Gasteiger partial charge in [-0.05, 0) is 6.07 Å². The molecule has 2 rings (SSSR count). The van der Waals surface area contributed by atoms with E-state index in [1.165, 1.54) is 18.4 Å². The summed E-state index contributed by atoms with van der Waals surface area (Å²) in [7, 11) is 1.35. The van der Waals surface area contributed by atoms with Gasteiger partial charge in [-0.3, -0.25) is 4.98 Å². The van der Waals surface area contributed by atoms with Gasteiger partial charge in [-0.1, -0.05) is 11.6 Å². The third-order valence-electron chi connectivity index (χ3n) is 1.82. The van der Waals surface area contributed by atoms with Gasteiger partial charge in [0.2, 0.25) is 0 Å². The Morgan fingerprint density at radius 1 is 1.64 bits per heavy atom. The summed E-state index contributed by atoms with van der Waals surface area (Å²) in [5.74, 6) is -0.375. The highest BCUT2D eigenvalue weighted by atomic mass is 35.5. The first-order chi connectivity index (χ1) is 6.74. The Hall–Kier alpha value is -1.13. The molecule has 0 amide bonds. The van der Waals surface area contributed by atoms with Gasteiger partial charge in [-0.15, -0.1) is 11.3 Å². The van der Waals surface area contributed by atoms with Crippen molar-refractivity contribution in [1.82, 2.24) is 4.98 Å². The van der Waals surface area contributed by atoms with Crippen LogP contribution in [0.25, 0.3) is 10.9 Å². The zero-order chi connectivity index (χ0) is 10.1. The Morgan fingerprint density at radius 2 is 2.43 bits per heavy atom. The minimum Gasteiger partial charge on any atom is -0.465 e. The number of ether oxygens (including phenoxy) is 1. The summed E-state index contributed by atoms with van der Waals surface area (Å²) in [5.41, 5.74) is 0.606. The second-order valence-corrected chi connectivity index (χ2v) is 3.90. The van der Waals surface area contributed by atoms with E-state index in [2.05, 4.69) is 9.72 Å². The average Bonchev–Trinajstić information content (AvgIpc) is 2.62. The molecule has 0 spiro atoms. The van der Waals surface area contributed by atoms with Crippen molar-refractivity contribution in [1.29, 1.82) is 0 Å². The van der Waals surface area contributed by atoms with Gasteiger partial charge in [0.1, 0.15) is 4.88 Å². The largest absolute Gasteiger partial charge is 0.465 e. The van der Waals surface area contributed by atoms with Gasteiger partial charge in [0.15, 0.2) is 0 Å². The summed E-state index contributed by atoms with van der Waals surface area (Å²) >= 11 is 7.22. The number of nitrogens with zero attached hydrogens (tertiary/aromatic N) is 1. The summed E-state index contributed by atoms with van der Waals surface area (Å²) in [5, 5.41) is 3.19. The SMILES string of the molecule is COC(=O)c1scc2c(Cl)ccnc12. The van der Waals surface area contributed by atoms with Gasteiger partial charge in [-0.25, -0.2) is 4.79 Å². The Balaban J connectivity index is 2.70. The summed E-state index contributed by atoms with van der Waals surface area (Å²) in [6.45, 7) is 0. The van der Waals surface area contributed by atoms with Crippen LogP contribution in [0, 0.1) is 0 Å². The third-order valence-corrected chi connectivity index (χ3v) is 3.10. The van der Waals surface area contributed by atoms with Crippen LogP contribution in [0.4, 0.5) is 0 Å². The molecule has 2 aromatic rings. The minimum atomic E-state index is -0.375. The predicted octanol–water partition coefficient (Wildman–Crippen LogP) is 2.74. The summed E-state index contributed by atoms with van der Waals surface area (Å²) in [6.07, 6.45) is 1.57. The highest BCUT2D eigenvalue weighted by Gasteiger charge is 2.15. The van der Waals surface area contributed by atoms with E-state index in [0.717, 1.165) is 5.39 Å². The molecule has 0 bridgehead atoms. The third kappa shape index (κ3) is 1.36. The molecule has 3 nitrogen and oxygen atoms in total. The molecular weight excluding hydrogens is 222 g/mol. The van der Waals surface area contributed by atoms with E-state index < -0.39 is 0 Å². The monoisotopic (exact) mass is 227 g/mol. The minimum absolute atomic E-state index is 0.375. The molecule has 5 heteroatoms. The second-order valence-electron chi connectivity index (χ2n) is 2.61. The smallest absolute Gasteiger partial charge is 0.350 e. The van der Waals surface area contributed by atoms with E-state index in [4.69, 9.17) is 11.6 Å². The van der Waals surface area contributed by atoms with Gasteiger partial charge in [0, 0.05) is 17.0 Å². The Morgan fingerprint density at radius 3 is 3.14 bits per heavy atom.